The SMILES string of the molecule is CC(C)(C)N=NC(C)(CCCO)Oc1ccccc1. The molecule has 1 N–H and O–H groups in total. The molecule has 0 saturated carbocycles. The van der Waals surface area contributed by atoms with Crippen molar-refractivity contribution in [2.75, 3.05) is 6.61 Å². The minimum Gasteiger partial charge on any atom is -0.465 e. The quantitative estimate of drug-likeness (QED) is 0.794. The molecule has 106 valence electrons. The maximum Gasteiger partial charge on any atom is 0.216 e. The number of aliphatic hydroxyl groups excluding tert-OH is 1. The minimum absolute atomic E-state index is 0.124. The lowest BCUT2D eigenvalue weighted by Gasteiger charge is -2.26. The first-order valence-corrected chi connectivity index (χ1v) is 6.64. The number of aliphatic hydroxyl groups is 1. The van der Waals surface area contributed by atoms with Gasteiger partial charge < -0.3 is 9.84 Å². The second-order valence-corrected chi connectivity index (χ2v) is 5.79. The van der Waals surface area contributed by atoms with Gasteiger partial charge in [-0.3, -0.25) is 0 Å². The fraction of sp³-hybridized carbons (Fsp3) is 0.600. The van der Waals surface area contributed by atoms with Crippen LogP contribution in [0.4, 0.5) is 0 Å². The number of azo groups is 1. The van der Waals surface area contributed by atoms with E-state index in [0.717, 1.165) is 5.75 Å². The Morgan fingerprint density at radius 3 is 2.21 bits per heavy atom. The van der Waals surface area contributed by atoms with Crippen molar-refractivity contribution in [3.8, 4) is 5.75 Å². The smallest absolute Gasteiger partial charge is 0.216 e. The number of benzene rings is 1. The Morgan fingerprint density at radius 2 is 1.68 bits per heavy atom. The van der Waals surface area contributed by atoms with E-state index in [-0.39, 0.29) is 12.1 Å². The maximum atomic E-state index is 9.00. The molecule has 1 aromatic carbocycles. The Balaban J connectivity index is 2.83. The Bertz CT molecular complexity index is 398. The van der Waals surface area contributed by atoms with Crippen molar-refractivity contribution >= 4 is 0 Å². The highest BCUT2D eigenvalue weighted by atomic mass is 16.5. The van der Waals surface area contributed by atoms with Gasteiger partial charge in [-0.25, -0.2) is 0 Å². The number of para-hydroxylation sites is 1. The van der Waals surface area contributed by atoms with Crippen molar-refractivity contribution in [1.29, 1.82) is 0 Å². The predicted octanol–water partition coefficient (Wildman–Crippen LogP) is 3.80. The second-order valence-electron chi connectivity index (χ2n) is 5.79. The third-order valence-corrected chi connectivity index (χ3v) is 2.44. The third-order valence-electron chi connectivity index (χ3n) is 2.44. The van der Waals surface area contributed by atoms with E-state index >= 15 is 0 Å². The molecule has 0 amide bonds. The average molecular weight is 264 g/mol. The summed E-state index contributed by atoms with van der Waals surface area (Å²) in [5.74, 6) is 0.760. The Hall–Kier alpha value is -1.42. The van der Waals surface area contributed by atoms with Gasteiger partial charge in [-0.2, -0.15) is 5.11 Å². The molecule has 0 aromatic heterocycles. The van der Waals surface area contributed by atoms with Gasteiger partial charge in [0.05, 0.1) is 5.54 Å². The molecule has 0 heterocycles. The number of hydrogen-bond acceptors (Lipinski definition) is 4. The summed E-state index contributed by atoms with van der Waals surface area (Å²) in [4.78, 5) is 0. The second kappa shape index (κ2) is 6.66. The number of ether oxygens (including phenoxy) is 1. The summed E-state index contributed by atoms with van der Waals surface area (Å²) in [5, 5.41) is 17.6. The van der Waals surface area contributed by atoms with Crippen LogP contribution in [-0.2, 0) is 0 Å². The van der Waals surface area contributed by atoms with Crippen molar-refractivity contribution in [3.63, 3.8) is 0 Å². The molecule has 1 aromatic rings. The first kappa shape index (κ1) is 15.6. The van der Waals surface area contributed by atoms with Crippen LogP contribution in [0.2, 0.25) is 0 Å². The van der Waals surface area contributed by atoms with Crippen molar-refractivity contribution in [2.45, 2.75) is 51.8 Å². The highest BCUT2D eigenvalue weighted by Gasteiger charge is 2.26. The Morgan fingerprint density at radius 1 is 1.05 bits per heavy atom. The van der Waals surface area contributed by atoms with Gasteiger partial charge in [0, 0.05) is 13.0 Å². The lowest BCUT2D eigenvalue weighted by Crippen LogP contribution is -2.31. The van der Waals surface area contributed by atoms with Crippen molar-refractivity contribution < 1.29 is 9.84 Å². The zero-order valence-electron chi connectivity index (χ0n) is 12.3. The molecular formula is C15H24N2O2. The van der Waals surface area contributed by atoms with Gasteiger partial charge in [0.1, 0.15) is 5.75 Å². The summed E-state index contributed by atoms with van der Waals surface area (Å²) in [6, 6.07) is 9.56. The molecule has 4 nitrogen and oxygen atoms in total. The van der Waals surface area contributed by atoms with Crippen molar-refractivity contribution in [1.82, 2.24) is 0 Å². The molecule has 0 bridgehead atoms. The molecule has 0 saturated heterocycles. The van der Waals surface area contributed by atoms with Gasteiger partial charge in [0.25, 0.3) is 0 Å². The molecule has 0 radical (unpaired) electrons. The van der Waals surface area contributed by atoms with Crippen molar-refractivity contribution in [3.05, 3.63) is 30.3 Å². The molecular weight excluding hydrogens is 240 g/mol. The zero-order chi connectivity index (χ0) is 14.4. The molecule has 0 aliphatic carbocycles. The van der Waals surface area contributed by atoms with Gasteiger partial charge in [-0.05, 0) is 46.2 Å². The normalized spacial score (nSPS) is 15.4. The van der Waals surface area contributed by atoms with E-state index in [1.165, 1.54) is 0 Å². The summed E-state index contributed by atoms with van der Waals surface area (Å²) < 4.78 is 5.93. The van der Waals surface area contributed by atoms with E-state index in [9.17, 15) is 0 Å². The molecule has 1 atom stereocenters. The van der Waals surface area contributed by atoms with Crippen LogP contribution < -0.4 is 4.74 Å². The van der Waals surface area contributed by atoms with Gasteiger partial charge in [0.2, 0.25) is 5.72 Å². The lowest BCUT2D eigenvalue weighted by molar-refractivity contribution is 0.0688. The van der Waals surface area contributed by atoms with Crippen molar-refractivity contribution in [2.24, 2.45) is 10.2 Å². The van der Waals surface area contributed by atoms with E-state index in [4.69, 9.17) is 9.84 Å². The summed E-state index contributed by atoms with van der Waals surface area (Å²) in [5.41, 5.74) is -0.974. The van der Waals surface area contributed by atoms with E-state index in [1.807, 2.05) is 58.0 Å². The van der Waals surface area contributed by atoms with E-state index in [2.05, 4.69) is 10.2 Å². The molecule has 19 heavy (non-hydrogen) atoms. The zero-order valence-corrected chi connectivity index (χ0v) is 12.3. The van der Waals surface area contributed by atoms with Crippen LogP contribution in [0.15, 0.2) is 40.6 Å². The first-order valence-electron chi connectivity index (χ1n) is 6.64. The van der Waals surface area contributed by atoms with Crippen LogP contribution >= 0.6 is 0 Å². The summed E-state index contributed by atoms with van der Waals surface area (Å²) >= 11 is 0. The van der Waals surface area contributed by atoms with Crippen LogP contribution in [0.25, 0.3) is 0 Å². The molecule has 0 spiro atoms. The standard InChI is InChI=1S/C15H24N2O2/c1-14(2,3)16-17-15(4,11-8-12-18)19-13-9-6-5-7-10-13/h5-7,9-10,18H,8,11-12H2,1-4H3. The highest BCUT2D eigenvalue weighted by Crippen LogP contribution is 2.25. The Kier molecular flexibility index (Phi) is 5.48. The van der Waals surface area contributed by atoms with Crippen LogP contribution in [0.1, 0.15) is 40.5 Å². The summed E-state index contributed by atoms with van der Waals surface area (Å²) in [6.45, 7) is 7.99. The van der Waals surface area contributed by atoms with Gasteiger partial charge >= 0.3 is 0 Å². The molecule has 0 fully saturated rings. The monoisotopic (exact) mass is 264 g/mol. The fourth-order valence-electron chi connectivity index (χ4n) is 1.53. The van der Waals surface area contributed by atoms with Gasteiger partial charge in [-0.1, -0.05) is 18.2 Å². The van der Waals surface area contributed by atoms with Crippen LogP contribution in [0.5, 0.6) is 5.75 Å². The topological polar surface area (TPSA) is 54.2 Å². The van der Waals surface area contributed by atoms with Crippen LogP contribution in [0, 0.1) is 0 Å². The maximum absolute atomic E-state index is 9.00. The molecule has 4 heteroatoms. The summed E-state index contributed by atoms with van der Waals surface area (Å²) in [6.07, 6.45) is 1.25. The molecule has 0 aliphatic rings. The van der Waals surface area contributed by atoms with Gasteiger partial charge in [-0.15, -0.1) is 5.11 Å². The van der Waals surface area contributed by atoms with E-state index in [0.29, 0.717) is 12.8 Å². The summed E-state index contributed by atoms with van der Waals surface area (Å²) in [7, 11) is 0. The molecule has 1 rings (SSSR count). The van der Waals surface area contributed by atoms with E-state index in [1.54, 1.807) is 0 Å². The predicted molar refractivity (Wildman–Crippen MR) is 76.4 cm³/mol. The van der Waals surface area contributed by atoms with Crippen LogP contribution in [0.3, 0.4) is 0 Å². The first-order chi connectivity index (χ1) is 8.85. The number of rotatable bonds is 6. The fourth-order valence-corrected chi connectivity index (χ4v) is 1.53. The van der Waals surface area contributed by atoms with Crippen LogP contribution in [-0.4, -0.2) is 23.0 Å². The Labute approximate surface area is 115 Å². The number of nitrogens with zero attached hydrogens (tertiary/aromatic N) is 2. The lowest BCUT2D eigenvalue weighted by atomic mass is 10.1. The number of hydrogen-bond donors (Lipinski definition) is 1. The highest BCUT2D eigenvalue weighted by molar-refractivity contribution is 5.21. The molecule has 0 aliphatic heterocycles. The van der Waals surface area contributed by atoms with E-state index < -0.39 is 5.72 Å². The average Bonchev–Trinajstić information content (AvgIpc) is 2.35. The van der Waals surface area contributed by atoms with Gasteiger partial charge in [0.15, 0.2) is 0 Å². The minimum atomic E-state index is -0.739. The third kappa shape index (κ3) is 6.34. The molecule has 1 unspecified atom stereocenters. The largest absolute Gasteiger partial charge is 0.465 e.